The van der Waals surface area contributed by atoms with Crippen molar-refractivity contribution >= 4 is 0 Å². The van der Waals surface area contributed by atoms with Gasteiger partial charge in [0.25, 0.3) is 0 Å². The molecule has 1 saturated carbocycles. The van der Waals surface area contributed by atoms with Gasteiger partial charge in [-0.15, -0.1) is 0 Å². The third-order valence-corrected chi connectivity index (χ3v) is 5.47. The molecule has 0 radical (unpaired) electrons. The summed E-state index contributed by atoms with van der Waals surface area (Å²) in [5, 5.41) is 0. The van der Waals surface area contributed by atoms with Gasteiger partial charge < -0.3 is 9.80 Å². The van der Waals surface area contributed by atoms with Gasteiger partial charge in [0.05, 0.1) is 0 Å². The van der Waals surface area contributed by atoms with E-state index in [0.717, 1.165) is 11.5 Å². The van der Waals surface area contributed by atoms with Crippen molar-refractivity contribution in [3.8, 4) is 0 Å². The van der Waals surface area contributed by atoms with Gasteiger partial charge in [-0.1, -0.05) is 13.8 Å². The smallest absolute Gasteiger partial charge is 0.00956 e. The van der Waals surface area contributed by atoms with Gasteiger partial charge in [0.1, 0.15) is 0 Å². The van der Waals surface area contributed by atoms with Crippen LogP contribution in [0, 0.1) is 5.41 Å². The molecule has 0 aromatic rings. The van der Waals surface area contributed by atoms with E-state index in [9.17, 15) is 0 Å². The number of hydrogen-bond donors (Lipinski definition) is 0. The summed E-state index contributed by atoms with van der Waals surface area (Å²) in [5.41, 5.74) is 0.758. The molecule has 2 heterocycles. The van der Waals surface area contributed by atoms with Crippen molar-refractivity contribution in [1.29, 1.82) is 0 Å². The van der Waals surface area contributed by atoms with E-state index in [1.54, 1.807) is 0 Å². The van der Waals surface area contributed by atoms with Gasteiger partial charge in [-0.3, -0.25) is 0 Å². The molecule has 3 rings (SSSR count). The molecular weight excluding hydrogens is 220 g/mol. The van der Waals surface area contributed by atoms with E-state index in [0.29, 0.717) is 0 Å². The molecule has 0 atom stereocenters. The average molecular weight is 252 g/mol. The van der Waals surface area contributed by atoms with Gasteiger partial charge >= 0.3 is 0 Å². The Morgan fingerprint density at radius 2 is 1.39 bits per heavy atom. The lowest BCUT2D eigenvalue weighted by Crippen LogP contribution is -2.49. The summed E-state index contributed by atoms with van der Waals surface area (Å²) in [7, 11) is 2.28. The number of rotatable bonds is 1. The maximum atomic E-state index is 2.72. The van der Waals surface area contributed by atoms with Gasteiger partial charge in [0.15, 0.2) is 0 Å². The Labute approximate surface area is 114 Å². The van der Waals surface area contributed by atoms with Crippen LogP contribution >= 0.6 is 0 Å². The molecule has 0 aromatic carbocycles. The predicted octanol–water partition coefficient (Wildman–Crippen LogP) is 3.37. The van der Waals surface area contributed by atoms with Crippen LogP contribution in [0.4, 0.5) is 0 Å². The highest BCUT2D eigenvalue weighted by Gasteiger charge is 2.39. The number of likely N-dealkylation sites (tertiary alicyclic amines) is 2. The normalized spacial score (nSPS) is 29.5. The Morgan fingerprint density at radius 1 is 0.833 bits per heavy atom. The Hall–Kier alpha value is -0.0800. The van der Waals surface area contributed by atoms with Crippen LogP contribution in [0.1, 0.15) is 58.8 Å². The zero-order valence-corrected chi connectivity index (χ0v) is 12.7. The first-order chi connectivity index (χ1) is 8.77. The summed E-state index contributed by atoms with van der Waals surface area (Å²) < 4.78 is 0. The minimum Gasteiger partial charge on any atom is -0.306 e. The van der Waals surface area contributed by atoms with E-state index in [-0.39, 0.29) is 0 Å². The second-order valence-corrected chi connectivity index (χ2v) is 6.42. The van der Waals surface area contributed by atoms with Crippen molar-refractivity contribution in [1.82, 2.24) is 9.80 Å². The highest BCUT2D eigenvalue weighted by molar-refractivity contribution is 4.93. The molecule has 0 aromatic heterocycles. The second-order valence-electron chi connectivity index (χ2n) is 6.42. The SMILES string of the molecule is CC.CN1CCC2(CCC(N3CCC3)CC2)CC1. The maximum absolute atomic E-state index is 2.72. The third-order valence-electron chi connectivity index (χ3n) is 5.47. The van der Waals surface area contributed by atoms with Gasteiger partial charge in [-0.25, -0.2) is 0 Å². The predicted molar refractivity (Wildman–Crippen MR) is 79.0 cm³/mol. The molecule has 106 valence electrons. The monoisotopic (exact) mass is 252 g/mol. The first-order valence-corrected chi connectivity index (χ1v) is 8.20. The van der Waals surface area contributed by atoms with E-state index < -0.39 is 0 Å². The summed E-state index contributed by atoms with van der Waals surface area (Å²) in [5.74, 6) is 0. The molecule has 0 bridgehead atoms. The molecule has 0 amide bonds. The van der Waals surface area contributed by atoms with E-state index in [1.807, 2.05) is 13.8 Å². The van der Waals surface area contributed by atoms with E-state index in [2.05, 4.69) is 16.8 Å². The Bertz CT molecular complexity index is 229. The van der Waals surface area contributed by atoms with E-state index in [4.69, 9.17) is 0 Å². The first kappa shape index (κ1) is 14.3. The molecule has 0 unspecified atom stereocenters. The molecule has 3 fully saturated rings. The largest absolute Gasteiger partial charge is 0.306 e. The third kappa shape index (κ3) is 3.08. The zero-order chi connectivity index (χ0) is 13.0. The van der Waals surface area contributed by atoms with Crippen molar-refractivity contribution in [2.75, 3.05) is 33.2 Å². The molecule has 2 aliphatic heterocycles. The summed E-state index contributed by atoms with van der Waals surface area (Å²) in [4.78, 5) is 5.23. The van der Waals surface area contributed by atoms with Crippen LogP contribution < -0.4 is 0 Å². The fraction of sp³-hybridized carbons (Fsp3) is 1.00. The van der Waals surface area contributed by atoms with Gasteiger partial charge in [0, 0.05) is 6.04 Å². The Balaban J connectivity index is 0.000000574. The number of nitrogens with zero attached hydrogens (tertiary/aromatic N) is 2. The average Bonchev–Trinajstić information content (AvgIpc) is 2.37. The molecule has 1 spiro atoms. The molecule has 2 saturated heterocycles. The van der Waals surface area contributed by atoms with E-state index in [1.165, 1.54) is 71.1 Å². The minimum absolute atomic E-state index is 0.758. The first-order valence-electron chi connectivity index (χ1n) is 8.20. The summed E-state index contributed by atoms with van der Waals surface area (Å²) in [6.45, 7) is 9.46. The molecule has 1 aliphatic carbocycles. The molecule has 2 nitrogen and oxygen atoms in total. The Morgan fingerprint density at radius 3 is 1.83 bits per heavy atom. The maximum Gasteiger partial charge on any atom is 0.00956 e. The summed E-state index contributed by atoms with van der Waals surface area (Å²) in [6.07, 6.45) is 10.4. The highest BCUT2D eigenvalue weighted by atomic mass is 15.2. The molecule has 2 heteroatoms. The van der Waals surface area contributed by atoms with Crippen LogP contribution in [0.2, 0.25) is 0 Å². The molecule has 18 heavy (non-hydrogen) atoms. The lowest BCUT2D eigenvalue weighted by molar-refractivity contribution is 0.0194. The van der Waals surface area contributed by atoms with E-state index >= 15 is 0 Å². The highest BCUT2D eigenvalue weighted by Crippen LogP contribution is 2.45. The zero-order valence-electron chi connectivity index (χ0n) is 12.7. The molecular formula is C16H32N2. The van der Waals surface area contributed by atoms with Crippen LogP contribution in [0.3, 0.4) is 0 Å². The van der Waals surface area contributed by atoms with Crippen LogP contribution in [-0.4, -0.2) is 49.1 Å². The lowest BCUT2D eigenvalue weighted by Gasteiger charge is -2.49. The fourth-order valence-corrected chi connectivity index (χ4v) is 3.88. The number of hydrogen-bond acceptors (Lipinski definition) is 2. The lowest BCUT2D eigenvalue weighted by atomic mass is 9.66. The quantitative estimate of drug-likeness (QED) is 0.706. The topological polar surface area (TPSA) is 6.48 Å². The minimum atomic E-state index is 0.758. The van der Waals surface area contributed by atoms with Crippen LogP contribution in [0.15, 0.2) is 0 Å². The van der Waals surface area contributed by atoms with Gasteiger partial charge in [0.2, 0.25) is 0 Å². The van der Waals surface area contributed by atoms with Crippen LogP contribution in [0.5, 0.6) is 0 Å². The van der Waals surface area contributed by atoms with Crippen LogP contribution in [0.25, 0.3) is 0 Å². The summed E-state index contributed by atoms with van der Waals surface area (Å²) in [6, 6.07) is 0.957. The van der Waals surface area contributed by atoms with Crippen molar-refractivity contribution in [3.63, 3.8) is 0 Å². The summed E-state index contributed by atoms with van der Waals surface area (Å²) >= 11 is 0. The second kappa shape index (κ2) is 6.38. The van der Waals surface area contributed by atoms with Gasteiger partial charge in [-0.2, -0.15) is 0 Å². The van der Waals surface area contributed by atoms with Crippen molar-refractivity contribution in [2.24, 2.45) is 5.41 Å². The standard InChI is InChI=1S/C14H26N2.C2H6/c1-15-11-7-14(8-12-15)5-3-13(4-6-14)16-9-2-10-16;1-2/h13H,2-12H2,1H3;1-2H3. The van der Waals surface area contributed by atoms with Gasteiger partial charge in [-0.05, 0) is 83.6 Å². The van der Waals surface area contributed by atoms with Crippen molar-refractivity contribution < 1.29 is 0 Å². The Kier molecular flexibility index (Phi) is 5.08. The van der Waals surface area contributed by atoms with Crippen molar-refractivity contribution in [3.05, 3.63) is 0 Å². The number of piperidine rings is 1. The van der Waals surface area contributed by atoms with Crippen LogP contribution in [-0.2, 0) is 0 Å². The molecule has 3 aliphatic rings. The van der Waals surface area contributed by atoms with Crippen molar-refractivity contribution in [2.45, 2.75) is 64.8 Å². The fourth-order valence-electron chi connectivity index (χ4n) is 3.88. The molecule has 0 N–H and O–H groups in total.